The molecule has 3 heteroatoms. The maximum absolute atomic E-state index is 12.7. The summed E-state index contributed by atoms with van der Waals surface area (Å²) >= 11 is 0. The second-order valence-corrected chi connectivity index (χ2v) is 7.88. The van der Waals surface area contributed by atoms with Gasteiger partial charge in [0.15, 0.2) is 0 Å². The van der Waals surface area contributed by atoms with Crippen LogP contribution in [0.5, 0.6) is 0 Å². The van der Waals surface area contributed by atoms with Gasteiger partial charge in [-0.1, -0.05) is 48.5 Å². The molecule has 1 saturated heterocycles. The fourth-order valence-corrected chi connectivity index (χ4v) is 5.33. The average molecular weight is 335 g/mol. The van der Waals surface area contributed by atoms with Gasteiger partial charge >= 0.3 is 0 Å². The third-order valence-corrected chi connectivity index (χ3v) is 6.56. The maximum Gasteiger partial charge on any atom is 0.119 e. The molecule has 0 spiro atoms. The third-order valence-electron chi connectivity index (χ3n) is 6.56. The molecule has 0 saturated carbocycles. The SMILES string of the molecule is [O-][N+]1(CCOC23CCC(c4ccccc42)c2ccccc23)CCCC1. The molecular formula is C22H25NO2. The first-order chi connectivity index (χ1) is 12.2. The molecule has 2 bridgehead atoms. The minimum absolute atomic E-state index is 0.0675. The molecule has 3 nitrogen and oxygen atoms in total. The van der Waals surface area contributed by atoms with Crippen LogP contribution in [0.15, 0.2) is 48.5 Å². The molecule has 0 atom stereocenters. The zero-order valence-corrected chi connectivity index (χ0v) is 14.6. The van der Waals surface area contributed by atoms with Crippen LogP contribution in [0, 0.1) is 5.21 Å². The zero-order chi connectivity index (χ0) is 16.9. The van der Waals surface area contributed by atoms with Gasteiger partial charge in [-0.05, 0) is 35.1 Å². The van der Waals surface area contributed by atoms with Gasteiger partial charge in [-0.15, -0.1) is 0 Å². The Labute approximate surface area is 149 Å². The molecule has 25 heavy (non-hydrogen) atoms. The first-order valence-corrected chi connectivity index (χ1v) is 9.62. The van der Waals surface area contributed by atoms with Crippen molar-refractivity contribution in [1.82, 2.24) is 0 Å². The lowest BCUT2D eigenvalue weighted by atomic mass is 9.61. The molecule has 0 aromatic heterocycles. The predicted molar refractivity (Wildman–Crippen MR) is 98.2 cm³/mol. The van der Waals surface area contributed by atoms with Gasteiger partial charge in [0.05, 0.1) is 19.7 Å². The van der Waals surface area contributed by atoms with Crippen molar-refractivity contribution in [2.75, 3.05) is 26.2 Å². The van der Waals surface area contributed by atoms with Crippen molar-refractivity contribution in [3.63, 3.8) is 0 Å². The molecule has 6 rings (SSSR count). The Kier molecular flexibility index (Phi) is 3.53. The van der Waals surface area contributed by atoms with Crippen molar-refractivity contribution in [2.24, 2.45) is 0 Å². The lowest BCUT2D eigenvalue weighted by molar-refractivity contribution is -0.868. The minimum atomic E-state index is -0.360. The van der Waals surface area contributed by atoms with Crippen LogP contribution in [0.1, 0.15) is 53.9 Å². The highest BCUT2D eigenvalue weighted by atomic mass is 16.6. The number of quaternary nitrogens is 1. The zero-order valence-electron chi connectivity index (χ0n) is 14.6. The van der Waals surface area contributed by atoms with E-state index in [0.29, 0.717) is 19.1 Å². The van der Waals surface area contributed by atoms with Gasteiger partial charge in [0.2, 0.25) is 0 Å². The Balaban J connectivity index is 1.51. The highest BCUT2D eigenvalue weighted by molar-refractivity contribution is 5.57. The van der Waals surface area contributed by atoms with Crippen LogP contribution in [0.3, 0.4) is 0 Å². The Morgan fingerprint density at radius 3 is 2.20 bits per heavy atom. The number of ether oxygens (including phenoxy) is 1. The van der Waals surface area contributed by atoms with Gasteiger partial charge in [-0.3, -0.25) is 0 Å². The molecule has 1 heterocycles. The van der Waals surface area contributed by atoms with E-state index in [1.54, 1.807) is 0 Å². The lowest BCUT2D eigenvalue weighted by Gasteiger charge is -2.49. The highest BCUT2D eigenvalue weighted by Crippen LogP contribution is 2.56. The van der Waals surface area contributed by atoms with Crippen LogP contribution in [0.4, 0.5) is 0 Å². The van der Waals surface area contributed by atoms with Crippen LogP contribution < -0.4 is 0 Å². The first kappa shape index (κ1) is 15.6. The molecule has 130 valence electrons. The number of fused-ring (bicyclic) bond motifs is 1. The van der Waals surface area contributed by atoms with Crippen LogP contribution in [0.2, 0.25) is 0 Å². The second kappa shape index (κ2) is 5.66. The largest absolute Gasteiger partial charge is 0.633 e. The summed E-state index contributed by atoms with van der Waals surface area (Å²) in [6, 6.07) is 17.5. The molecule has 0 N–H and O–H groups in total. The lowest BCUT2D eigenvalue weighted by Crippen LogP contribution is -2.46. The number of benzene rings is 2. The third kappa shape index (κ3) is 2.30. The predicted octanol–water partition coefficient (Wildman–Crippen LogP) is 4.29. The standard InChI is InChI=1S/C22H25NO2/c24-23(13-5-6-14-23)15-16-25-22-12-11-17(18-7-1-3-9-20(18)22)19-8-2-4-10-21(19)22/h1-4,7-10,17H,5-6,11-16H2. The fourth-order valence-electron chi connectivity index (χ4n) is 5.33. The van der Waals surface area contributed by atoms with Crippen molar-refractivity contribution in [1.29, 1.82) is 0 Å². The summed E-state index contributed by atoms with van der Waals surface area (Å²) in [5.74, 6) is 0.495. The second-order valence-electron chi connectivity index (χ2n) is 7.88. The van der Waals surface area contributed by atoms with Gasteiger partial charge in [0.25, 0.3) is 0 Å². The van der Waals surface area contributed by atoms with E-state index in [2.05, 4.69) is 48.5 Å². The van der Waals surface area contributed by atoms with Crippen molar-refractivity contribution in [3.8, 4) is 0 Å². The van der Waals surface area contributed by atoms with E-state index < -0.39 is 0 Å². The molecule has 4 aliphatic rings. The summed E-state index contributed by atoms with van der Waals surface area (Å²) in [4.78, 5) is 0. The van der Waals surface area contributed by atoms with E-state index >= 15 is 0 Å². The van der Waals surface area contributed by atoms with E-state index in [1.165, 1.54) is 22.3 Å². The van der Waals surface area contributed by atoms with Gasteiger partial charge in [-0.25, -0.2) is 0 Å². The molecule has 0 unspecified atom stereocenters. The van der Waals surface area contributed by atoms with Gasteiger partial charge in [-0.2, -0.15) is 0 Å². The summed E-state index contributed by atoms with van der Waals surface area (Å²) in [6.07, 6.45) is 4.26. The van der Waals surface area contributed by atoms with E-state index in [0.717, 1.165) is 38.8 Å². The van der Waals surface area contributed by atoms with Crippen molar-refractivity contribution >= 4 is 0 Å². The van der Waals surface area contributed by atoms with E-state index in [-0.39, 0.29) is 10.2 Å². The summed E-state index contributed by atoms with van der Waals surface area (Å²) < 4.78 is 6.55. The highest BCUT2D eigenvalue weighted by Gasteiger charge is 2.49. The summed E-state index contributed by atoms with van der Waals surface area (Å²) in [5, 5.41) is 12.7. The molecular weight excluding hydrogens is 310 g/mol. The molecule has 0 amide bonds. The Hall–Kier alpha value is -1.68. The summed E-state index contributed by atoms with van der Waals surface area (Å²) in [6.45, 7) is 2.63. The molecule has 1 aliphatic heterocycles. The monoisotopic (exact) mass is 335 g/mol. The van der Waals surface area contributed by atoms with Crippen LogP contribution in [-0.2, 0) is 10.3 Å². The van der Waals surface area contributed by atoms with Crippen molar-refractivity contribution in [3.05, 3.63) is 76.0 Å². The number of hydrogen-bond donors (Lipinski definition) is 0. The van der Waals surface area contributed by atoms with E-state index in [1.807, 2.05) is 0 Å². The van der Waals surface area contributed by atoms with Gasteiger partial charge < -0.3 is 14.6 Å². The molecule has 2 aromatic carbocycles. The number of hydroxylamine groups is 3. The number of hydrogen-bond acceptors (Lipinski definition) is 2. The molecule has 1 fully saturated rings. The Morgan fingerprint density at radius 1 is 0.960 bits per heavy atom. The van der Waals surface area contributed by atoms with Gasteiger partial charge in [0.1, 0.15) is 12.1 Å². The number of nitrogens with zero attached hydrogens (tertiary/aromatic N) is 1. The topological polar surface area (TPSA) is 32.3 Å². The van der Waals surface area contributed by atoms with Crippen LogP contribution >= 0.6 is 0 Å². The van der Waals surface area contributed by atoms with Gasteiger partial charge in [0, 0.05) is 18.8 Å². The average Bonchev–Trinajstić information content (AvgIpc) is 3.09. The molecule has 0 radical (unpaired) electrons. The van der Waals surface area contributed by atoms with Crippen molar-refractivity contribution in [2.45, 2.75) is 37.2 Å². The molecule has 3 aliphatic carbocycles. The quantitative estimate of drug-likeness (QED) is 0.616. The molecule has 2 aromatic rings. The maximum atomic E-state index is 12.7. The van der Waals surface area contributed by atoms with E-state index in [9.17, 15) is 5.21 Å². The normalized spacial score (nSPS) is 28.6. The minimum Gasteiger partial charge on any atom is -0.633 e. The summed E-state index contributed by atoms with van der Waals surface area (Å²) in [5.41, 5.74) is 5.12. The van der Waals surface area contributed by atoms with Crippen LogP contribution in [0.25, 0.3) is 0 Å². The Morgan fingerprint density at radius 2 is 1.56 bits per heavy atom. The first-order valence-electron chi connectivity index (χ1n) is 9.62. The number of rotatable bonds is 4. The van der Waals surface area contributed by atoms with Crippen molar-refractivity contribution < 1.29 is 9.38 Å². The van der Waals surface area contributed by atoms with E-state index in [4.69, 9.17) is 4.74 Å². The van der Waals surface area contributed by atoms with Crippen LogP contribution in [-0.4, -0.2) is 30.9 Å². The summed E-state index contributed by atoms with van der Waals surface area (Å²) in [7, 11) is 0. The smallest absolute Gasteiger partial charge is 0.119 e. The Bertz CT molecular complexity index is 747. The fraction of sp³-hybridized carbons (Fsp3) is 0.455. The number of likely N-dealkylation sites (tertiary alicyclic amines) is 1.